The van der Waals surface area contributed by atoms with Crippen molar-refractivity contribution < 1.29 is 4.42 Å². The fourth-order valence-corrected chi connectivity index (χ4v) is 7.90. The standard InChI is InChI=1S/C54H36N2O/c1-3-50(56-54(40-15-5-4-6-16-40)55-35(2)41-27-23-36-13-7-9-17-42(36)31-41)39-25-21-38(22-26-39)44-29-30-48-49-33-45-19-11-12-20-47(45)52(53(49)57-51(48)34-44)46-28-24-37-14-8-10-18-43(37)32-46/h4-34H,1H2,2H3. The number of furan rings is 1. The van der Waals surface area contributed by atoms with Gasteiger partial charge in [-0.05, 0) is 91.8 Å². The van der Waals surface area contributed by atoms with Gasteiger partial charge in [-0.2, -0.15) is 0 Å². The monoisotopic (exact) mass is 728 g/mol. The van der Waals surface area contributed by atoms with Gasteiger partial charge < -0.3 is 4.42 Å². The van der Waals surface area contributed by atoms with Gasteiger partial charge in [0.05, 0.1) is 0 Å². The van der Waals surface area contributed by atoms with E-state index in [1.54, 1.807) is 0 Å². The Morgan fingerprint density at radius 1 is 0.456 bits per heavy atom. The first kappa shape index (κ1) is 33.9. The lowest BCUT2D eigenvalue weighted by Gasteiger charge is -2.10. The molecule has 3 heteroatoms. The summed E-state index contributed by atoms with van der Waals surface area (Å²) in [5.74, 6) is 0.600. The minimum atomic E-state index is 0.600. The first-order chi connectivity index (χ1) is 28.1. The second-order valence-electron chi connectivity index (χ2n) is 14.4. The van der Waals surface area contributed by atoms with Crippen LogP contribution in [-0.4, -0.2) is 11.5 Å². The molecule has 0 radical (unpaired) electrons. The molecular formula is C54H36N2O. The molecule has 0 saturated heterocycles. The van der Waals surface area contributed by atoms with Crippen molar-refractivity contribution in [3.05, 3.63) is 217 Å². The predicted molar refractivity (Wildman–Crippen MR) is 241 cm³/mol. The number of rotatable bonds is 6. The number of aliphatic imine (C=N–C) groups is 2. The summed E-state index contributed by atoms with van der Waals surface area (Å²) in [7, 11) is 0. The van der Waals surface area contributed by atoms with Crippen molar-refractivity contribution in [1.29, 1.82) is 0 Å². The van der Waals surface area contributed by atoms with E-state index in [-0.39, 0.29) is 0 Å². The van der Waals surface area contributed by atoms with Crippen molar-refractivity contribution in [3.8, 4) is 22.3 Å². The highest BCUT2D eigenvalue weighted by atomic mass is 16.3. The van der Waals surface area contributed by atoms with Crippen LogP contribution in [0.4, 0.5) is 0 Å². The quantitative estimate of drug-likeness (QED) is 0.0954. The Morgan fingerprint density at radius 2 is 1.07 bits per heavy atom. The maximum atomic E-state index is 6.82. The molecule has 0 fully saturated rings. The zero-order valence-corrected chi connectivity index (χ0v) is 31.4. The van der Waals surface area contributed by atoms with Crippen LogP contribution in [0.15, 0.2) is 215 Å². The lowest BCUT2D eigenvalue weighted by molar-refractivity contribution is 0.670. The smallest absolute Gasteiger partial charge is 0.160 e. The molecule has 9 aromatic carbocycles. The second kappa shape index (κ2) is 14.2. The largest absolute Gasteiger partial charge is 0.455 e. The van der Waals surface area contributed by atoms with E-state index < -0.39 is 0 Å². The molecule has 0 aliphatic carbocycles. The Labute approximate surface area is 330 Å². The fraction of sp³-hybridized carbons (Fsp3) is 0.0185. The number of benzene rings is 9. The molecule has 1 heterocycles. The van der Waals surface area contributed by atoms with Gasteiger partial charge in [0.25, 0.3) is 0 Å². The van der Waals surface area contributed by atoms with Gasteiger partial charge >= 0.3 is 0 Å². The van der Waals surface area contributed by atoms with Gasteiger partial charge in [0.2, 0.25) is 0 Å². The summed E-state index contributed by atoms with van der Waals surface area (Å²) in [6, 6.07) is 65.8. The van der Waals surface area contributed by atoms with Gasteiger partial charge in [-0.15, -0.1) is 5.73 Å². The first-order valence-corrected chi connectivity index (χ1v) is 19.2. The van der Waals surface area contributed by atoms with Gasteiger partial charge in [-0.3, -0.25) is 0 Å². The Morgan fingerprint density at radius 3 is 1.82 bits per heavy atom. The molecule has 0 saturated carbocycles. The molecule has 0 aliphatic rings. The van der Waals surface area contributed by atoms with Crippen molar-refractivity contribution in [2.45, 2.75) is 6.92 Å². The molecule has 57 heavy (non-hydrogen) atoms. The van der Waals surface area contributed by atoms with Crippen LogP contribution in [0, 0.1) is 0 Å². The highest BCUT2D eigenvalue weighted by molar-refractivity contribution is 6.19. The van der Waals surface area contributed by atoms with Gasteiger partial charge in [0.15, 0.2) is 5.84 Å². The van der Waals surface area contributed by atoms with Crippen molar-refractivity contribution >= 4 is 71.5 Å². The molecule has 10 aromatic rings. The maximum absolute atomic E-state index is 6.82. The van der Waals surface area contributed by atoms with E-state index in [1.807, 2.05) is 37.3 Å². The third-order valence-electron chi connectivity index (χ3n) is 10.9. The Bertz CT molecular complexity index is 3290. The molecule has 268 valence electrons. The molecule has 0 atom stereocenters. The summed E-state index contributed by atoms with van der Waals surface area (Å²) in [5, 5.41) is 9.37. The molecule has 0 aliphatic heterocycles. The van der Waals surface area contributed by atoms with Crippen molar-refractivity contribution in [1.82, 2.24) is 0 Å². The number of hydrogen-bond acceptors (Lipinski definition) is 2. The summed E-state index contributed by atoms with van der Waals surface area (Å²) in [5.41, 5.74) is 13.6. The summed E-state index contributed by atoms with van der Waals surface area (Å²) in [4.78, 5) is 10.1. The normalized spacial score (nSPS) is 12.2. The SMILES string of the molecule is C=C=C(N=C(N=C(C)c1ccc2ccccc2c1)c1ccccc1)c1ccc(-c2ccc3c(c2)oc2c(-c4ccc5ccccc5c4)c4ccccc4cc23)cc1. The molecule has 0 N–H and O–H groups in total. The second-order valence-corrected chi connectivity index (χ2v) is 14.4. The lowest BCUT2D eigenvalue weighted by Crippen LogP contribution is -2.04. The average molecular weight is 729 g/mol. The van der Waals surface area contributed by atoms with Crippen molar-refractivity contribution in [3.63, 3.8) is 0 Å². The molecule has 10 rings (SSSR count). The van der Waals surface area contributed by atoms with Crippen molar-refractivity contribution in [2.24, 2.45) is 9.98 Å². The number of hydrogen-bond donors (Lipinski definition) is 0. The highest BCUT2D eigenvalue weighted by Crippen LogP contribution is 2.42. The van der Waals surface area contributed by atoms with E-state index in [4.69, 9.17) is 14.4 Å². The van der Waals surface area contributed by atoms with Crippen LogP contribution in [0.1, 0.15) is 23.6 Å². The van der Waals surface area contributed by atoms with Gasteiger partial charge in [-0.25, -0.2) is 9.98 Å². The molecule has 0 unspecified atom stereocenters. The van der Waals surface area contributed by atoms with E-state index in [0.29, 0.717) is 11.5 Å². The maximum Gasteiger partial charge on any atom is 0.160 e. The minimum Gasteiger partial charge on any atom is -0.455 e. The van der Waals surface area contributed by atoms with Crippen LogP contribution < -0.4 is 0 Å². The van der Waals surface area contributed by atoms with E-state index >= 15 is 0 Å². The van der Waals surface area contributed by atoms with E-state index in [9.17, 15) is 0 Å². The highest BCUT2D eigenvalue weighted by Gasteiger charge is 2.18. The average Bonchev–Trinajstić information content (AvgIpc) is 3.64. The third kappa shape index (κ3) is 6.33. The Hall–Kier alpha value is -7.58. The summed E-state index contributed by atoms with van der Waals surface area (Å²) in [6.07, 6.45) is 0. The lowest BCUT2D eigenvalue weighted by atomic mass is 9.93. The predicted octanol–water partition coefficient (Wildman–Crippen LogP) is 14.5. The molecule has 3 nitrogen and oxygen atoms in total. The first-order valence-electron chi connectivity index (χ1n) is 19.2. The Balaban J connectivity index is 1.01. The summed E-state index contributed by atoms with van der Waals surface area (Å²) < 4.78 is 6.82. The fourth-order valence-electron chi connectivity index (χ4n) is 7.90. The number of nitrogens with zero attached hydrogens (tertiary/aromatic N) is 2. The molecule has 0 amide bonds. The zero-order chi connectivity index (χ0) is 38.3. The van der Waals surface area contributed by atoms with E-state index in [0.717, 1.165) is 66.6 Å². The van der Waals surface area contributed by atoms with Crippen LogP contribution >= 0.6 is 0 Å². The molecule has 1 aromatic heterocycles. The van der Waals surface area contributed by atoms with Crippen LogP contribution in [0.5, 0.6) is 0 Å². The van der Waals surface area contributed by atoms with E-state index in [2.05, 4.69) is 170 Å². The van der Waals surface area contributed by atoms with Crippen LogP contribution in [0.3, 0.4) is 0 Å². The van der Waals surface area contributed by atoms with Crippen LogP contribution in [0.2, 0.25) is 0 Å². The number of fused-ring (bicyclic) bond motifs is 6. The number of amidine groups is 1. The zero-order valence-electron chi connectivity index (χ0n) is 31.4. The topological polar surface area (TPSA) is 37.9 Å². The Kier molecular flexibility index (Phi) is 8.49. The van der Waals surface area contributed by atoms with Gasteiger partial charge in [-0.1, -0.05) is 164 Å². The van der Waals surface area contributed by atoms with Crippen LogP contribution in [0.25, 0.3) is 82.2 Å². The molecular weight excluding hydrogens is 693 g/mol. The third-order valence-corrected chi connectivity index (χ3v) is 10.9. The summed E-state index contributed by atoms with van der Waals surface area (Å²) >= 11 is 0. The van der Waals surface area contributed by atoms with Crippen LogP contribution in [-0.2, 0) is 0 Å². The van der Waals surface area contributed by atoms with Crippen molar-refractivity contribution in [2.75, 3.05) is 0 Å². The van der Waals surface area contributed by atoms with E-state index in [1.165, 1.54) is 32.3 Å². The minimum absolute atomic E-state index is 0.600. The van der Waals surface area contributed by atoms with Gasteiger partial charge in [0.1, 0.15) is 16.9 Å². The van der Waals surface area contributed by atoms with Gasteiger partial charge in [0, 0.05) is 33.2 Å². The molecule has 0 bridgehead atoms. The molecule has 0 spiro atoms. The summed E-state index contributed by atoms with van der Waals surface area (Å²) in [6.45, 7) is 6.05.